The Morgan fingerprint density at radius 1 is 1.27 bits per heavy atom. The molecule has 0 amide bonds. The van der Waals surface area contributed by atoms with Gasteiger partial charge in [0, 0.05) is 25.2 Å². The molecule has 0 saturated carbocycles. The highest BCUT2D eigenvalue weighted by Gasteiger charge is 2.20. The molecule has 5 rings (SSSR count). The maximum Gasteiger partial charge on any atom is 0.142 e. The molecular weight excluding hydrogens is 344 g/mol. The predicted molar refractivity (Wildman–Crippen MR) is 107 cm³/mol. The van der Waals surface area contributed by atoms with E-state index in [0.717, 1.165) is 46.8 Å². The molecule has 0 fully saturated rings. The number of nitrogens with one attached hydrogen (secondary N) is 1. The van der Waals surface area contributed by atoms with E-state index in [-0.39, 0.29) is 0 Å². The van der Waals surface area contributed by atoms with Gasteiger partial charge in [-0.1, -0.05) is 0 Å². The van der Waals surface area contributed by atoms with E-state index >= 15 is 0 Å². The van der Waals surface area contributed by atoms with Crippen molar-refractivity contribution in [3.63, 3.8) is 0 Å². The van der Waals surface area contributed by atoms with Crippen molar-refractivity contribution in [2.24, 2.45) is 0 Å². The Balaban J connectivity index is 1.67. The minimum absolute atomic E-state index is 0.890. The number of hydrogen-bond donors (Lipinski definition) is 1. The third-order valence-corrected chi connectivity index (χ3v) is 6.01. The third kappa shape index (κ3) is 2.42. The molecule has 0 bridgehead atoms. The standard InChI is InChI=1S/C19H19N6S/c1-24(2)15-10-25-12(7-8-22-25)9-14(15)23-18-17-13-5-3-4-6-16(13)26-19(17)21-11-20-18/h4,7-11H,3,5-6H2,1-2H3,(H,20,21,23). The van der Waals surface area contributed by atoms with Gasteiger partial charge in [0.2, 0.25) is 0 Å². The van der Waals surface area contributed by atoms with Crippen LogP contribution in [0.4, 0.5) is 17.2 Å². The van der Waals surface area contributed by atoms with Crippen LogP contribution in [0.15, 0.2) is 30.9 Å². The number of hydrogen-bond acceptors (Lipinski definition) is 6. The first-order chi connectivity index (χ1) is 12.7. The molecule has 4 aromatic heterocycles. The van der Waals surface area contributed by atoms with E-state index < -0.39 is 0 Å². The average molecular weight is 363 g/mol. The minimum atomic E-state index is 0.890. The van der Waals surface area contributed by atoms with Gasteiger partial charge in [-0.25, -0.2) is 14.5 Å². The lowest BCUT2D eigenvalue weighted by Crippen LogP contribution is -2.12. The lowest BCUT2D eigenvalue weighted by Gasteiger charge is -2.19. The summed E-state index contributed by atoms with van der Waals surface area (Å²) >= 11 is 1.79. The van der Waals surface area contributed by atoms with Crippen LogP contribution in [0.2, 0.25) is 0 Å². The molecule has 26 heavy (non-hydrogen) atoms. The number of pyridine rings is 1. The molecule has 0 unspecified atom stereocenters. The van der Waals surface area contributed by atoms with Gasteiger partial charge >= 0.3 is 0 Å². The fourth-order valence-electron chi connectivity index (χ4n) is 3.58. The molecule has 0 aromatic carbocycles. The summed E-state index contributed by atoms with van der Waals surface area (Å²) in [6, 6.07) is 4.12. The highest BCUT2D eigenvalue weighted by Crippen LogP contribution is 2.39. The summed E-state index contributed by atoms with van der Waals surface area (Å²) in [6.45, 7) is 0. The van der Waals surface area contributed by atoms with Crippen molar-refractivity contribution in [3.8, 4) is 0 Å². The SMILES string of the molecule is CN(C)c1cn2nccc2cc1Nc1ncnc2sc3c(c12)CC[CH]C3. The van der Waals surface area contributed by atoms with Gasteiger partial charge < -0.3 is 10.2 Å². The van der Waals surface area contributed by atoms with E-state index in [4.69, 9.17) is 0 Å². The molecule has 4 aromatic rings. The normalized spacial score (nSPS) is 13.9. The molecule has 1 aliphatic rings. The van der Waals surface area contributed by atoms with Crippen LogP contribution in [-0.4, -0.2) is 33.7 Å². The van der Waals surface area contributed by atoms with Crippen molar-refractivity contribution < 1.29 is 0 Å². The van der Waals surface area contributed by atoms with Crippen molar-refractivity contribution in [2.75, 3.05) is 24.3 Å². The van der Waals surface area contributed by atoms with Gasteiger partial charge in [0.05, 0.1) is 28.5 Å². The second kappa shape index (κ2) is 5.95. The van der Waals surface area contributed by atoms with E-state index in [2.05, 4.69) is 37.8 Å². The quantitative estimate of drug-likeness (QED) is 0.599. The lowest BCUT2D eigenvalue weighted by molar-refractivity contribution is 0.851. The number of rotatable bonds is 3. The Labute approximate surface area is 155 Å². The molecule has 0 atom stereocenters. The van der Waals surface area contributed by atoms with Gasteiger partial charge in [0.1, 0.15) is 17.0 Å². The molecule has 1 aliphatic carbocycles. The Hall–Kier alpha value is -2.67. The molecule has 0 spiro atoms. The second-order valence-electron chi connectivity index (χ2n) is 6.73. The van der Waals surface area contributed by atoms with Crippen LogP contribution in [0.3, 0.4) is 0 Å². The van der Waals surface area contributed by atoms with E-state index in [9.17, 15) is 0 Å². The smallest absolute Gasteiger partial charge is 0.142 e. The summed E-state index contributed by atoms with van der Waals surface area (Å²) in [7, 11) is 4.07. The largest absolute Gasteiger partial charge is 0.375 e. The molecule has 1 N–H and O–H groups in total. The monoisotopic (exact) mass is 363 g/mol. The van der Waals surface area contributed by atoms with E-state index in [1.807, 2.05) is 37.1 Å². The molecule has 4 heterocycles. The van der Waals surface area contributed by atoms with Crippen LogP contribution in [0.1, 0.15) is 16.9 Å². The number of aryl methyl sites for hydroxylation is 1. The fraction of sp³-hybridized carbons (Fsp3) is 0.263. The van der Waals surface area contributed by atoms with E-state index in [1.165, 1.54) is 15.8 Å². The zero-order valence-electron chi connectivity index (χ0n) is 14.7. The van der Waals surface area contributed by atoms with Crippen molar-refractivity contribution in [2.45, 2.75) is 19.3 Å². The van der Waals surface area contributed by atoms with Gasteiger partial charge in [-0.05, 0) is 43.4 Å². The summed E-state index contributed by atoms with van der Waals surface area (Å²) in [4.78, 5) is 13.7. The van der Waals surface area contributed by atoms with Gasteiger partial charge in [-0.2, -0.15) is 5.10 Å². The Morgan fingerprint density at radius 3 is 3.08 bits per heavy atom. The van der Waals surface area contributed by atoms with Crippen LogP contribution in [0, 0.1) is 6.42 Å². The predicted octanol–water partition coefficient (Wildman–Crippen LogP) is 3.84. The van der Waals surface area contributed by atoms with Gasteiger partial charge in [0.25, 0.3) is 0 Å². The van der Waals surface area contributed by atoms with Crippen LogP contribution in [0.25, 0.3) is 15.7 Å². The first kappa shape index (κ1) is 15.6. The highest BCUT2D eigenvalue weighted by atomic mass is 32.1. The topological polar surface area (TPSA) is 58.4 Å². The fourth-order valence-corrected chi connectivity index (χ4v) is 4.76. The van der Waals surface area contributed by atoms with Crippen molar-refractivity contribution >= 4 is 44.3 Å². The molecule has 0 saturated heterocycles. The van der Waals surface area contributed by atoms with Crippen LogP contribution in [-0.2, 0) is 12.8 Å². The molecule has 1 radical (unpaired) electrons. The zero-order valence-corrected chi connectivity index (χ0v) is 15.5. The number of aromatic nitrogens is 4. The number of thiophene rings is 1. The summed E-state index contributed by atoms with van der Waals surface area (Å²) < 4.78 is 1.89. The number of anilines is 3. The maximum absolute atomic E-state index is 4.58. The maximum atomic E-state index is 4.58. The average Bonchev–Trinajstić information content (AvgIpc) is 3.24. The van der Waals surface area contributed by atoms with Crippen molar-refractivity contribution in [1.29, 1.82) is 0 Å². The number of fused-ring (bicyclic) bond motifs is 4. The Morgan fingerprint density at radius 2 is 2.19 bits per heavy atom. The zero-order chi connectivity index (χ0) is 17.7. The molecule has 131 valence electrons. The van der Waals surface area contributed by atoms with Crippen molar-refractivity contribution in [1.82, 2.24) is 19.6 Å². The van der Waals surface area contributed by atoms with Gasteiger partial charge in [-0.15, -0.1) is 11.3 Å². The molecule has 0 aliphatic heterocycles. The van der Waals surface area contributed by atoms with Crippen molar-refractivity contribution in [3.05, 3.63) is 47.7 Å². The summed E-state index contributed by atoms with van der Waals surface area (Å²) in [6.07, 6.45) is 11.1. The summed E-state index contributed by atoms with van der Waals surface area (Å²) in [5.41, 5.74) is 4.54. The number of nitrogens with zero attached hydrogens (tertiary/aromatic N) is 5. The summed E-state index contributed by atoms with van der Waals surface area (Å²) in [5, 5.41) is 9.10. The Kier molecular flexibility index (Phi) is 3.56. The first-order valence-corrected chi connectivity index (χ1v) is 9.51. The van der Waals surface area contributed by atoms with Gasteiger partial charge in [-0.3, -0.25) is 0 Å². The van der Waals surface area contributed by atoms with Crippen LogP contribution >= 0.6 is 11.3 Å². The van der Waals surface area contributed by atoms with Crippen LogP contribution < -0.4 is 10.2 Å². The first-order valence-electron chi connectivity index (χ1n) is 8.69. The second-order valence-corrected chi connectivity index (χ2v) is 7.81. The third-order valence-electron chi connectivity index (χ3n) is 4.85. The minimum Gasteiger partial charge on any atom is -0.375 e. The lowest BCUT2D eigenvalue weighted by atomic mass is 9.97. The van der Waals surface area contributed by atoms with Crippen LogP contribution in [0.5, 0.6) is 0 Å². The van der Waals surface area contributed by atoms with E-state index in [1.54, 1.807) is 17.7 Å². The van der Waals surface area contributed by atoms with Gasteiger partial charge in [0.15, 0.2) is 0 Å². The van der Waals surface area contributed by atoms with E-state index in [0.29, 0.717) is 0 Å². The molecule has 6 nitrogen and oxygen atoms in total. The Bertz CT molecular complexity index is 1110. The molecular formula is C19H19N6S. The molecule has 7 heteroatoms. The summed E-state index contributed by atoms with van der Waals surface area (Å²) in [5.74, 6) is 0.890. The highest BCUT2D eigenvalue weighted by molar-refractivity contribution is 7.19.